The second-order valence-electron chi connectivity index (χ2n) is 3.26. The molecule has 0 aliphatic rings. The molecule has 0 fully saturated rings. The molecule has 11 heavy (non-hydrogen) atoms. The lowest BCUT2D eigenvalue weighted by Gasteiger charge is -2.20. The van der Waals surface area contributed by atoms with Crippen LogP contribution in [0.1, 0.15) is 40.0 Å². The molecule has 0 heterocycles. The van der Waals surface area contributed by atoms with Gasteiger partial charge in [-0.2, -0.15) is 11.8 Å². The van der Waals surface area contributed by atoms with Crippen LogP contribution in [0.3, 0.4) is 0 Å². The number of unbranched alkanes of at least 4 members (excludes halogenated alkanes) is 1. The molecule has 1 N–H and O–H groups in total. The van der Waals surface area contributed by atoms with Gasteiger partial charge in [0, 0.05) is 5.75 Å². The lowest BCUT2D eigenvalue weighted by atomic mass is 10.1. The summed E-state index contributed by atoms with van der Waals surface area (Å²) in [5.74, 6) is 2.07. The van der Waals surface area contributed by atoms with Gasteiger partial charge in [0.1, 0.15) is 0 Å². The second kappa shape index (κ2) is 5.90. The molecule has 0 amide bonds. The fraction of sp³-hybridized carbons (Fsp3) is 1.00. The van der Waals surface area contributed by atoms with E-state index in [4.69, 9.17) is 0 Å². The Morgan fingerprint density at radius 1 is 1.36 bits per heavy atom. The van der Waals surface area contributed by atoms with Crippen LogP contribution in [-0.4, -0.2) is 22.2 Å². The van der Waals surface area contributed by atoms with E-state index in [1.807, 2.05) is 25.6 Å². The van der Waals surface area contributed by atoms with Crippen LogP contribution in [0.5, 0.6) is 0 Å². The van der Waals surface area contributed by atoms with Gasteiger partial charge in [-0.1, -0.05) is 20.3 Å². The van der Waals surface area contributed by atoms with Crippen molar-refractivity contribution in [2.24, 2.45) is 0 Å². The highest BCUT2D eigenvalue weighted by molar-refractivity contribution is 7.99. The number of aliphatic hydroxyl groups is 1. The maximum atomic E-state index is 9.60. The van der Waals surface area contributed by atoms with Crippen molar-refractivity contribution in [1.82, 2.24) is 0 Å². The highest BCUT2D eigenvalue weighted by Gasteiger charge is 2.16. The summed E-state index contributed by atoms with van der Waals surface area (Å²) >= 11 is 1.86. The number of hydrogen-bond donors (Lipinski definition) is 1. The summed E-state index contributed by atoms with van der Waals surface area (Å²) in [6, 6.07) is 0. The summed E-state index contributed by atoms with van der Waals surface area (Å²) in [5.41, 5.74) is -0.446. The zero-order chi connectivity index (χ0) is 8.74. The fourth-order valence-corrected chi connectivity index (χ4v) is 1.92. The molecule has 0 rings (SSSR count). The third-order valence-corrected chi connectivity index (χ3v) is 3.22. The number of hydrogen-bond acceptors (Lipinski definition) is 2. The normalized spacial score (nSPS) is 16.4. The van der Waals surface area contributed by atoms with Crippen molar-refractivity contribution in [3.8, 4) is 0 Å². The molecular weight excluding hydrogens is 156 g/mol. The van der Waals surface area contributed by atoms with Gasteiger partial charge in [-0.05, 0) is 25.5 Å². The van der Waals surface area contributed by atoms with Crippen LogP contribution in [0.2, 0.25) is 0 Å². The Morgan fingerprint density at radius 2 is 2.00 bits per heavy atom. The molecule has 0 aromatic carbocycles. The van der Waals surface area contributed by atoms with E-state index >= 15 is 0 Å². The monoisotopic (exact) mass is 176 g/mol. The zero-order valence-electron chi connectivity index (χ0n) is 7.89. The predicted molar refractivity (Wildman–Crippen MR) is 53.1 cm³/mol. The van der Waals surface area contributed by atoms with Crippen molar-refractivity contribution in [2.45, 2.75) is 45.6 Å². The third-order valence-electron chi connectivity index (χ3n) is 1.82. The van der Waals surface area contributed by atoms with Crippen LogP contribution in [0, 0.1) is 0 Å². The molecule has 0 aromatic rings. The Balaban J connectivity index is 3.23. The minimum Gasteiger partial charge on any atom is -0.389 e. The number of rotatable bonds is 6. The molecule has 68 valence electrons. The molecule has 0 saturated heterocycles. The minimum absolute atomic E-state index is 0.446. The second-order valence-corrected chi connectivity index (χ2v) is 4.36. The molecule has 0 aliphatic carbocycles. The molecule has 1 atom stereocenters. The van der Waals surface area contributed by atoms with Gasteiger partial charge in [0.2, 0.25) is 0 Å². The van der Waals surface area contributed by atoms with Gasteiger partial charge in [0.05, 0.1) is 5.60 Å². The highest BCUT2D eigenvalue weighted by atomic mass is 32.2. The van der Waals surface area contributed by atoms with Crippen LogP contribution < -0.4 is 0 Å². The van der Waals surface area contributed by atoms with Gasteiger partial charge in [-0.3, -0.25) is 0 Å². The van der Waals surface area contributed by atoms with Crippen molar-refractivity contribution < 1.29 is 5.11 Å². The molecule has 2 heteroatoms. The van der Waals surface area contributed by atoms with Gasteiger partial charge in [-0.15, -0.1) is 0 Å². The van der Waals surface area contributed by atoms with Gasteiger partial charge < -0.3 is 5.11 Å². The average molecular weight is 176 g/mol. The van der Waals surface area contributed by atoms with Crippen LogP contribution in [0.25, 0.3) is 0 Å². The Labute approximate surface area is 74.6 Å². The first-order valence-electron chi connectivity index (χ1n) is 4.42. The molecule has 0 radical (unpaired) electrons. The summed E-state index contributed by atoms with van der Waals surface area (Å²) < 4.78 is 0. The zero-order valence-corrected chi connectivity index (χ0v) is 8.71. The van der Waals surface area contributed by atoms with Gasteiger partial charge in [0.15, 0.2) is 0 Å². The van der Waals surface area contributed by atoms with E-state index in [0.29, 0.717) is 0 Å². The van der Waals surface area contributed by atoms with E-state index in [1.54, 1.807) is 0 Å². The van der Waals surface area contributed by atoms with E-state index in [1.165, 1.54) is 18.6 Å². The summed E-state index contributed by atoms with van der Waals surface area (Å²) in [6.07, 6.45) is 3.37. The first-order chi connectivity index (χ1) is 5.12. The Morgan fingerprint density at radius 3 is 2.45 bits per heavy atom. The van der Waals surface area contributed by atoms with E-state index in [9.17, 15) is 5.11 Å². The molecule has 0 aliphatic heterocycles. The van der Waals surface area contributed by atoms with Gasteiger partial charge in [-0.25, -0.2) is 0 Å². The maximum absolute atomic E-state index is 9.60. The predicted octanol–water partition coefficient (Wildman–Crippen LogP) is 2.68. The van der Waals surface area contributed by atoms with Crippen LogP contribution >= 0.6 is 11.8 Å². The Kier molecular flexibility index (Phi) is 6.06. The summed E-state index contributed by atoms with van der Waals surface area (Å²) in [7, 11) is 0. The average Bonchev–Trinajstić information content (AvgIpc) is 1.99. The van der Waals surface area contributed by atoms with Crippen molar-refractivity contribution >= 4 is 11.8 Å². The molecule has 0 aromatic heterocycles. The molecule has 0 spiro atoms. The molecule has 1 nitrogen and oxygen atoms in total. The number of thioether (sulfide) groups is 1. The van der Waals surface area contributed by atoms with Crippen molar-refractivity contribution in [1.29, 1.82) is 0 Å². The lowest BCUT2D eigenvalue weighted by Crippen LogP contribution is -2.25. The topological polar surface area (TPSA) is 20.2 Å². The molecular formula is C9H20OS. The summed E-state index contributed by atoms with van der Waals surface area (Å²) in [4.78, 5) is 0. The standard InChI is InChI=1S/C9H20OS/c1-4-6-7-11-8-9(3,10)5-2/h10H,4-8H2,1-3H3. The fourth-order valence-electron chi connectivity index (χ4n) is 0.641. The molecule has 1 unspecified atom stereocenters. The van der Waals surface area contributed by atoms with E-state index in [-0.39, 0.29) is 0 Å². The highest BCUT2D eigenvalue weighted by Crippen LogP contribution is 2.17. The van der Waals surface area contributed by atoms with Crippen molar-refractivity contribution in [2.75, 3.05) is 11.5 Å². The SMILES string of the molecule is CCCCSCC(C)(O)CC. The maximum Gasteiger partial charge on any atom is 0.0707 e. The summed E-state index contributed by atoms with van der Waals surface area (Å²) in [5, 5.41) is 9.60. The lowest BCUT2D eigenvalue weighted by molar-refractivity contribution is 0.0816. The minimum atomic E-state index is -0.446. The van der Waals surface area contributed by atoms with E-state index in [2.05, 4.69) is 6.92 Å². The van der Waals surface area contributed by atoms with Crippen LogP contribution in [-0.2, 0) is 0 Å². The summed E-state index contributed by atoms with van der Waals surface area (Å²) in [6.45, 7) is 6.13. The van der Waals surface area contributed by atoms with Crippen molar-refractivity contribution in [3.05, 3.63) is 0 Å². The largest absolute Gasteiger partial charge is 0.389 e. The Bertz CT molecular complexity index is 91.6. The molecule has 0 saturated carbocycles. The third kappa shape index (κ3) is 6.70. The first-order valence-corrected chi connectivity index (χ1v) is 5.58. The van der Waals surface area contributed by atoms with E-state index < -0.39 is 5.60 Å². The first kappa shape index (κ1) is 11.3. The Hall–Kier alpha value is 0.310. The van der Waals surface area contributed by atoms with E-state index in [0.717, 1.165) is 12.2 Å². The quantitative estimate of drug-likeness (QED) is 0.628. The smallest absolute Gasteiger partial charge is 0.0707 e. The van der Waals surface area contributed by atoms with Crippen LogP contribution in [0.4, 0.5) is 0 Å². The van der Waals surface area contributed by atoms with Gasteiger partial charge in [0.25, 0.3) is 0 Å². The molecule has 0 bridgehead atoms. The van der Waals surface area contributed by atoms with Crippen molar-refractivity contribution in [3.63, 3.8) is 0 Å². The van der Waals surface area contributed by atoms with Gasteiger partial charge >= 0.3 is 0 Å². The van der Waals surface area contributed by atoms with Crippen LogP contribution in [0.15, 0.2) is 0 Å².